The second-order valence-electron chi connectivity index (χ2n) is 2.37. The summed E-state index contributed by atoms with van der Waals surface area (Å²) in [6, 6.07) is 0. The van der Waals surface area contributed by atoms with Crippen LogP contribution in [0.3, 0.4) is 0 Å². The average Bonchev–Trinajstić information content (AvgIpc) is 1.89. The van der Waals surface area contributed by atoms with E-state index in [4.69, 9.17) is 0 Å². The van der Waals surface area contributed by atoms with Gasteiger partial charge in [0, 0.05) is 6.42 Å². The molecule has 0 amide bonds. The molecule has 0 rings (SSSR count). The molecule has 10 heavy (non-hydrogen) atoms. The summed E-state index contributed by atoms with van der Waals surface area (Å²) in [4.78, 5) is 9.84. The van der Waals surface area contributed by atoms with E-state index in [0.29, 0.717) is 0 Å². The number of hydrogen-bond acceptors (Lipinski definition) is 1. The van der Waals surface area contributed by atoms with E-state index in [1.54, 1.807) is 0 Å². The van der Waals surface area contributed by atoms with Crippen LogP contribution in [0.5, 0.6) is 0 Å². The smallest absolute Gasteiger partial charge is 1.00 e. The minimum atomic E-state index is 0. The fourth-order valence-corrected chi connectivity index (χ4v) is 0.831. The SMILES string of the molecule is CCCCCCCC=O.[H-].[K+]. The van der Waals surface area contributed by atoms with E-state index in [2.05, 4.69) is 6.92 Å². The predicted molar refractivity (Wildman–Crippen MR) is 40.6 cm³/mol. The van der Waals surface area contributed by atoms with E-state index in [9.17, 15) is 4.79 Å². The van der Waals surface area contributed by atoms with Gasteiger partial charge in [-0.25, -0.2) is 0 Å². The zero-order valence-corrected chi connectivity index (χ0v) is 10.4. The summed E-state index contributed by atoms with van der Waals surface area (Å²) < 4.78 is 0. The van der Waals surface area contributed by atoms with Crippen LogP contribution in [0.15, 0.2) is 0 Å². The fraction of sp³-hybridized carbons (Fsp3) is 0.875. The molecule has 0 spiro atoms. The third kappa shape index (κ3) is 12.0. The van der Waals surface area contributed by atoms with E-state index >= 15 is 0 Å². The molecular weight excluding hydrogens is 151 g/mol. The molecule has 0 aromatic heterocycles. The van der Waals surface area contributed by atoms with Crippen molar-refractivity contribution >= 4 is 6.29 Å². The third-order valence-electron chi connectivity index (χ3n) is 1.43. The first-order valence-electron chi connectivity index (χ1n) is 3.85. The van der Waals surface area contributed by atoms with E-state index in [1.807, 2.05) is 0 Å². The van der Waals surface area contributed by atoms with Crippen molar-refractivity contribution in [1.29, 1.82) is 0 Å². The first-order chi connectivity index (χ1) is 4.41. The van der Waals surface area contributed by atoms with Crippen LogP contribution in [-0.4, -0.2) is 6.29 Å². The van der Waals surface area contributed by atoms with Crippen LogP contribution in [0.2, 0.25) is 0 Å². The van der Waals surface area contributed by atoms with Crippen molar-refractivity contribution < 1.29 is 57.6 Å². The molecule has 0 heterocycles. The quantitative estimate of drug-likeness (QED) is 0.301. The van der Waals surface area contributed by atoms with Gasteiger partial charge in [-0.1, -0.05) is 32.6 Å². The Kier molecular flexibility index (Phi) is 17.9. The molecule has 0 saturated heterocycles. The molecule has 0 unspecified atom stereocenters. The Labute approximate surface area is 108 Å². The number of carbonyl (C=O) groups is 1. The maximum atomic E-state index is 9.84. The molecule has 0 atom stereocenters. The van der Waals surface area contributed by atoms with Crippen LogP contribution in [0.25, 0.3) is 0 Å². The molecule has 0 aromatic carbocycles. The maximum absolute atomic E-state index is 9.84. The van der Waals surface area contributed by atoms with Gasteiger partial charge in [0.15, 0.2) is 0 Å². The summed E-state index contributed by atoms with van der Waals surface area (Å²) in [7, 11) is 0. The van der Waals surface area contributed by atoms with Gasteiger partial charge in [0.05, 0.1) is 0 Å². The molecule has 0 fully saturated rings. The molecule has 2 heteroatoms. The van der Waals surface area contributed by atoms with Gasteiger partial charge in [-0.05, 0) is 6.42 Å². The Bertz CT molecular complexity index is 69.1. The number of unbranched alkanes of at least 4 members (excludes halogenated alkanes) is 5. The first kappa shape index (κ1) is 13.9. The molecule has 0 aromatic rings. The zero-order chi connectivity index (χ0) is 6.95. The van der Waals surface area contributed by atoms with Crippen molar-refractivity contribution in [3.8, 4) is 0 Å². The topological polar surface area (TPSA) is 17.1 Å². The van der Waals surface area contributed by atoms with E-state index in [0.717, 1.165) is 19.1 Å². The number of carbonyl (C=O) groups excluding carboxylic acids is 1. The van der Waals surface area contributed by atoms with Crippen molar-refractivity contribution in [2.75, 3.05) is 0 Å². The summed E-state index contributed by atoms with van der Waals surface area (Å²) in [5, 5.41) is 0. The van der Waals surface area contributed by atoms with Crippen LogP contribution < -0.4 is 51.4 Å². The zero-order valence-electron chi connectivity index (χ0n) is 8.23. The van der Waals surface area contributed by atoms with Crippen molar-refractivity contribution in [3.63, 3.8) is 0 Å². The monoisotopic (exact) mass is 168 g/mol. The minimum absolute atomic E-state index is 0. The minimum Gasteiger partial charge on any atom is -1.00 e. The summed E-state index contributed by atoms with van der Waals surface area (Å²) in [6.07, 6.45) is 7.97. The Morgan fingerprint density at radius 2 is 1.80 bits per heavy atom. The second kappa shape index (κ2) is 12.9. The third-order valence-corrected chi connectivity index (χ3v) is 1.43. The van der Waals surface area contributed by atoms with Crippen molar-refractivity contribution in [1.82, 2.24) is 0 Å². The summed E-state index contributed by atoms with van der Waals surface area (Å²) in [5.74, 6) is 0. The van der Waals surface area contributed by atoms with Gasteiger partial charge in [0.2, 0.25) is 0 Å². The van der Waals surface area contributed by atoms with E-state index in [1.165, 1.54) is 25.7 Å². The number of hydrogen-bond donors (Lipinski definition) is 0. The first-order valence-corrected chi connectivity index (χ1v) is 3.85. The Morgan fingerprint density at radius 1 is 1.20 bits per heavy atom. The van der Waals surface area contributed by atoms with Crippen LogP contribution in [0, 0.1) is 0 Å². The molecule has 0 aliphatic carbocycles. The van der Waals surface area contributed by atoms with Crippen molar-refractivity contribution in [2.24, 2.45) is 0 Å². The van der Waals surface area contributed by atoms with Gasteiger partial charge in [-0.3, -0.25) is 0 Å². The van der Waals surface area contributed by atoms with Gasteiger partial charge in [-0.15, -0.1) is 0 Å². The van der Waals surface area contributed by atoms with Gasteiger partial charge in [0.25, 0.3) is 0 Å². The standard InChI is InChI=1S/C8H16O.K.H/c1-2-3-4-5-6-7-8-9;;/h8H,2-7H2,1H3;;/q;+1;-1. The van der Waals surface area contributed by atoms with E-state index < -0.39 is 0 Å². The van der Waals surface area contributed by atoms with Gasteiger partial charge < -0.3 is 6.22 Å². The molecule has 56 valence electrons. The van der Waals surface area contributed by atoms with Crippen LogP contribution in [-0.2, 0) is 4.79 Å². The molecular formula is C8H17KO. The van der Waals surface area contributed by atoms with Crippen LogP contribution in [0.4, 0.5) is 0 Å². The van der Waals surface area contributed by atoms with Crippen LogP contribution >= 0.6 is 0 Å². The molecule has 0 N–H and O–H groups in total. The molecule has 0 bridgehead atoms. The Hall–Kier alpha value is 1.31. The fourth-order valence-electron chi connectivity index (χ4n) is 0.831. The number of rotatable bonds is 6. The summed E-state index contributed by atoms with van der Waals surface area (Å²) >= 11 is 0. The normalized spacial score (nSPS) is 8.50. The maximum Gasteiger partial charge on any atom is 1.00 e. The Morgan fingerprint density at radius 3 is 2.30 bits per heavy atom. The van der Waals surface area contributed by atoms with Crippen LogP contribution in [0.1, 0.15) is 46.9 Å². The molecule has 0 aliphatic rings. The van der Waals surface area contributed by atoms with Crippen molar-refractivity contribution in [3.05, 3.63) is 0 Å². The predicted octanol–water partition coefficient (Wildman–Crippen LogP) is -0.338. The molecule has 0 saturated carbocycles. The van der Waals surface area contributed by atoms with Gasteiger partial charge in [0.1, 0.15) is 6.29 Å². The summed E-state index contributed by atoms with van der Waals surface area (Å²) in [6.45, 7) is 2.19. The largest absolute Gasteiger partial charge is 1.00 e. The molecule has 1 nitrogen and oxygen atoms in total. The van der Waals surface area contributed by atoms with Gasteiger partial charge in [-0.2, -0.15) is 0 Å². The summed E-state index contributed by atoms with van der Waals surface area (Å²) in [5.41, 5.74) is 0. The molecule has 0 radical (unpaired) electrons. The Balaban J connectivity index is -0.000000320. The average molecular weight is 168 g/mol. The molecule has 0 aliphatic heterocycles. The second-order valence-corrected chi connectivity index (χ2v) is 2.37. The number of aldehydes is 1. The van der Waals surface area contributed by atoms with Gasteiger partial charge >= 0.3 is 51.4 Å². The van der Waals surface area contributed by atoms with Crippen molar-refractivity contribution in [2.45, 2.75) is 45.4 Å². The van der Waals surface area contributed by atoms with E-state index in [-0.39, 0.29) is 52.8 Å².